The van der Waals surface area contributed by atoms with Crippen molar-refractivity contribution < 1.29 is 18.0 Å². The average Bonchev–Trinajstić information content (AvgIpc) is 2.92. The van der Waals surface area contributed by atoms with Crippen LogP contribution in [0.5, 0.6) is 0 Å². The van der Waals surface area contributed by atoms with E-state index in [1.165, 1.54) is 4.90 Å². The van der Waals surface area contributed by atoms with Crippen molar-refractivity contribution in [2.45, 2.75) is 30.9 Å². The first-order valence-electron chi connectivity index (χ1n) is 5.06. The van der Waals surface area contributed by atoms with Crippen LogP contribution in [0.25, 0.3) is 0 Å². The molecule has 0 aromatic carbocycles. The van der Waals surface area contributed by atoms with Gasteiger partial charge in [-0.05, 0) is 30.6 Å². The number of hydrogen-bond donors (Lipinski definition) is 1. The fourth-order valence-corrected chi connectivity index (χ4v) is 2.58. The molecule has 6 nitrogen and oxygen atoms in total. The van der Waals surface area contributed by atoms with E-state index in [-0.39, 0.29) is 5.25 Å². The van der Waals surface area contributed by atoms with Gasteiger partial charge in [-0.2, -0.15) is 0 Å². The molecule has 0 unspecified atom stereocenters. The lowest BCUT2D eigenvalue weighted by atomic mass is 10.4. The Kier molecular flexibility index (Phi) is 2.83. The van der Waals surface area contributed by atoms with Crippen molar-refractivity contribution in [1.29, 1.82) is 0 Å². The number of nitrogens with zero attached hydrogens (tertiary/aromatic N) is 1. The molecular formula is C8H14N2O4S. The third-order valence-electron chi connectivity index (χ3n) is 2.57. The van der Waals surface area contributed by atoms with Gasteiger partial charge in [-0.25, -0.2) is 13.2 Å². The van der Waals surface area contributed by atoms with Gasteiger partial charge in [0, 0.05) is 13.1 Å². The van der Waals surface area contributed by atoms with Gasteiger partial charge in [-0.1, -0.05) is 0 Å². The molecule has 15 heavy (non-hydrogen) atoms. The van der Waals surface area contributed by atoms with Crippen LogP contribution in [0.1, 0.15) is 25.7 Å². The second-order valence-corrected chi connectivity index (χ2v) is 5.81. The topological polar surface area (TPSA) is 75.7 Å². The molecule has 0 radical (unpaired) electrons. The zero-order valence-corrected chi connectivity index (χ0v) is 9.12. The smallest absolute Gasteiger partial charge is 0.338 e. The van der Waals surface area contributed by atoms with Gasteiger partial charge < -0.3 is 9.74 Å². The third-order valence-corrected chi connectivity index (χ3v) is 4.24. The zero-order chi connectivity index (χ0) is 10.9. The summed E-state index contributed by atoms with van der Waals surface area (Å²) in [7, 11) is -3.43. The number of sulfonamides is 1. The molecule has 2 fully saturated rings. The molecular weight excluding hydrogens is 220 g/mol. The van der Waals surface area contributed by atoms with Gasteiger partial charge in [0.2, 0.25) is 10.0 Å². The number of carbonyl (C=O) groups is 1. The molecule has 1 heterocycles. The highest BCUT2D eigenvalue weighted by atomic mass is 32.2. The summed E-state index contributed by atoms with van der Waals surface area (Å²) in [5.41, 5.74) is 0. The summed E-state index contributed by atoms with van der Waals surface area (Å²) in [6.07, 6.45) is 2.60. The number of likely N-dealkylation sites (tertiary alicyclic amines) is 1. The van der Waals surface area contributed by atoms with E-state index in [9.17, 15) is 13.2 Å². The second kappa shape index (κ2) is 3.97. The predicted octanol–water partition coefficient (Wildman–Crippen LogP) is 0.216. The van der Waals surface area contributed by atoms with Gasteiger partial charge in [-0.15, -0.1) is 0 Å². The summed E-state index contributed by atoms with van der Waals surface area (Å²) in [6.45, 7) is 1.29. The molecule has 7 heteroatoms. The molecule has 1 saturated carbocycles. The summed E-state index contributed by atoms with van der Waals surface area (Å²) in [5, 5.41) is -0.371. The van der Waals surface area contributed by atoms with E-state index in [2.05, 4.69) is 4.84 Å². The van der Waals surface area contributed by atoms with E-state index >= 15 is 0 Å². The molecule has 0 bridgehead atoms. The maximum Gasteiger partial charge on any atom is 0.429 e. The molecule has 1 saturated heterocycles. The normalized spacial score (nSPS) is 21.7. The summed E-state index contributed by atoms with van der Waals surface area (Å²) in [5.74, 6) is 0. The van der Waals surface area contributed by atoms with Crippen LogP contribution < -0.4 is 4.89 Å². The third kappa shape index (κ3) is 2.60. The van der Waals surface area contributed by atoms with Crippen molar-refractivity contribution in [3.63, 3.8) is 0 Å². The highest BCUT2D eigenvalue weighted by Gasteiger charge is 2.37. The largest absolute Gasteiger partial charge is 0.429 e. The Hall–Kier alpha value is -0.820. The minimum absolute atomic E-state index is 0.371. The minimum atomic E-state index is -3.43. The molecule has 2 aliphatic rings. The molecule has 86 valence electrons. The van der Waals surface area contributed by atoms with Crippen molar-refractivity contribution in [2.24, 2.45) is 0 Å². The predicted molar refractivity (Wildman–Crippen MR) is 52.4 cm³/mol. The number of hydrogen-bond acceptors (Lipinski definition) is 4. The van der Waals surface area contributed by atoms with E-state index in [0.29, 0.717) is 25.9 Å². The summed E-state index contributed by atoms with van der Waals surface area (Å²) >= 11 is 0. The fourth-order valence-electron chi connectivity index (χ4n) is 1.50. The molecule has 0 atom stereocenters. The average molecular weight is 234 g/mol. The maximum absolute atomic E-state index is 11.3. The number of rotatable bonds is 3. The monoisotopic (exact) mass is 234 g/mol. The Morgan fingerprint density at radius 1 is 1.27 bits per heavy atom. The maximum atomic E-state index is 11.3. The summed E-state index contributed by atoms with van der Waals surface area (Å²) in [4.78, 5) is 19.2. The first kappa shape index (κ1) is 10.7. The van der Waals surface area contributed by atoms with E-state index in [1.807, 2.05) is 4.89 Å². The second-order valence-electron chi connectivity index (χ2n) is 3.89. The van der Waals surface area contributed by atoms with Gasteiger partial charge in [-0.3, -0.25) is 0 Å². The molecule has 1 aliphatic carbocycles. The van der Waals surface area contributed by atoms with Gasteiger partial charge >= 0.3 is 6.09 Å². The van der Waals surface area contributed by atoms with E-state index in [4.69, 9.17) is 0 Å². The molecule has 0 aromatic rings. The highest BCUT2D eigenvalue weighted by Crippen LogP contribution is 2.27. The zero-order valence-electron chi connectivity index (χ0n) is 8.31. The van der Waals surface area contributed by atoms with Gasteiger partial charge in [0.25, 0.3) is 0 Å². The number of nitrogens with one attached hydrogen (secondary N) is 1. The number of amides is 1. The lowest BCUT2D eigenvalue weighted by Crippen LogP contribution is -2.36. The quantitative estimate of drug-likeness (QED) is 0.708. The lowest BCUT2D eigenvalue weighted by molar-refractivity contribution is 0.0908. The Morgan fingerprint density at radius 3 is 2.40 bits per heavy atom. The molecule has 2 rings (SSSR count). The molecule has 0 spiro atoms. The van der Waals surface area contributed by atoms with E-state index in [1.54, 1.807) is 0 Å². The van der Waals surface area contributed by atoms with Gasteiger partial charge in [0.1, 0.15) is 0 Å². The molecule has 1 aliphatic heterocycles. The van der Waals surface area contributed by atoms with Crippen molar-refractivity contribution in [3.8, 4) is 0 Å². The molecule has 1 N–H and O–H groups in total. The standard InChI is InChI=1S/C8H14N2O4S/c11-8(10-5-1-2-6-10)14-9-15(12,13)7-3-4-7/h7,9H,1-6H2. The molecule has 0 aromatic heterocycles. The van der Waals surface area contributed by atoms with Crippen molar-refractivity contribution in [3.05, 3.63) is 0 Å². The van der Waals surface area contributed by atoms with Crippen LogP contribution in [0.2, 0.25) is 0 Å². The summed E-state index contributed by atoms with van der Waals surface area (Å²) < 4.78 is 22.6. The van der Waals surface area contributed by atoms with Crippen molar-refractivity contribution >= 4 is 16.1 Å². The van der Waals surface area contributed by atoms with Crippen molar-refractivity contribution in [2.75, 3.05) is 13.1 Å². The van der Waals surface area contributed by atoms with Crippen LogP contribution in [0.15, 0.2) is 0 Å². The van der Waals surface area contributed by atoms with Crippen LogP contribution in [0, 0.1) is 0 Å². The van der Waals surface area contributed by atoms with Crippen LogP contribution in [-0.4, -0.2) is 37.8 Å². The van der Waals surface area contributed by atoms with Crippen molar-refractivity contribution in [1.82, 2.24) is 9.79 Å². The fraction of sp³-hybridized carbons (Fsp3) is 0.875. The van der Waals surface area contributed by atoms with Gasteiger partial charge in [0.05, 0.1) is 5.25 Å². The van der Waals surface area contributed by atoms with Crippen LogP contribution in [-0.2, 0) is 14.9 Å². The lowest BCUT2D eigenvalue weighted by Gasteiger charge is -2.14. The SMILES string of the molecule is O=C(ONS(=O)(=O)C1CC1)N1CCCC1. The Balaban J connectivity index is 1.79. The first-order chi connectivity index (χ1) is 7.09. The Bertz CT molecular complexity index is 344. The van der Waals surface area contributed by atoms with Crippen LogP contribution in [0.4, 0.5) is 4.79 Å². The summed E-state index contributed by atoms with van der Waals surface area (Å²) in [6, 6.07) is 0. The molecule has 1 amide bonds. The van der Waals surface area contributed by atoms with Crippen LogP contribution >= 0.6 is 0 Å². The van der Waals surface area contributed by atoms with E-state index < -0.39 is 16.1 Å². The first-order valence-corrected chi connectivity index (χ1v) is 6.60. The van der Waals surface area contributed by atoms with Gasteiger partial charge in [0.15, 0.2) is 0 Å². The number of carbonyl (C=O) groups excluding carboxylic acids is 1. The Morgan fingerprint density at radius 2 is 1.87 bits per heavy atom. The van der Waals surface area contributed by atoms with Crippen LogP contribution in [0.3, 0.4) is 0 Å². The minimum Gasteiger partial charge on any atom is -0.338 e. The van der Waals surface area contributed by atoms with E-state index in [0.717, 1.165) is 12.8 Å². The Labute approximate surface area is 88.6 Å². The highest BCUT2D eigenvalue weighted by molar-refractivity contribution is 7.90.